The maximum Gasteiger partial charge on any atom is 0.369 e. The molecule has 0 aliphatic heterocycles. The summed E-state index contributed by atoms with van der Waals surface area (Å²) in [6.07, 6.45) is -0.835. The van der Waals surface area contributed by atoms with Crippen LogP contribution in [0.5, 0.6) is 0 Å². The molecule has 0 amide bonds. The van der Waals surface area contributed by atoms with Crippen molar-refractivity contribution in [3.8, 4) is 0 Å². The number of hydrogen-bond acceptors (Lipinski definition) is 3. The highest BCUT2D eigenvalue weighted by Gasteiger charge is 2.59. The van der Waals surface area contributed by atoms with E-state index in [1.165, 1.54) is 12.1 Å². The molecule has 0 atom stereocenters. The molecule has 0 bridgehead atoms. The zero-order chi connectivity index (χ0) is 14.2. The summed E-state index contributed by atoms with van der Waals surface area (Å²) in [5.74, 6) is 0. The van der Waals surface area contributed by atoms with Crippen LogP contribution in [0, 0.1) is 3.57 Å². The summed E-state index contributed by atoms with van der Waals surface area (Å²) in [5.41, 5.74) is 0.219. The Labute approximate surface area is 116 Å². The van der Waals surface area contributed by atoms with Crippen molar-refractivity contribution in [1.29, 1.82) is 0 Å². The molecule has 1 rings (SSSR count). The van der Waals surface area contributed by atoms with Crippen LogP contribution in [0.4, 0.5) is 0 Å². The molecule has 0 aliphatic rings. The minimum Gasteiger partial charge on any atom is -0.367 e. The SMILES string of the molecule is O=P(O)(O)C(O)(Cc1cccc(I)c1)P(=O)(O)O. The zero-order valence-corrected chi connectivity index (χ0v) is 12.8. The number of rotatable bonds is 4. The van der Waals surface area contributed by atoms with E-state index < -0.39 is 26.7 Å². The van der Waals surface area contributed by atoms with E-state index in [9.17, 15) is 14.2 Å². The Morgan fingerprint density at radius 2 is 1.61 bits per heavy atom. The standard InChI is InChI=1S/C8H11IO7P2/c9-7-3-1-2-6(4-7)5-8(10,17(11,12)13)18(14,15)16/h1-4,10H,5H2,(H2,11,12,13)(H2,14,15,16). The van der Waals surface area contributed by atoms with Crippen molar-refractivity contribution in [2.45, 2.75) is 11.5 Å². The van der Waals surface area contributed by atoms with Gasteiger partial charge in [-0.15, -0.1) is 0 Å². The molecular weight excluding hydrogens is 397 g/mol. The lowest BCUT2D eigenvalue weighted by atomic mass is 10.2. The topological polar surface area (TPSA) is 135 Å². The van der Waals surface area contributed by atoms with Gasteiger partial charge in [-0.05, 0) is 40.3 Å². The second kappa shape index (κ2) is 5.30. The molecule has 1 aromatic rings. The van der Waals surface area contributed by atoms with Crippen LogP contribution >= 0.6 is 37.8 Å². The lowest BCUT2D eigenvalue weighted by Crippen LogP contribution is -2.31. The molecule has 0 unspecified atom stereocenters. The molecule has 18 heavy (non-hydrogen) atoms. The molecule has 0 saturated heterocycles. The molecule has 1 aromatic carbocycles. The van der Waals surface area contributed by atoms with Crippen molar-refractivity contribution < 1.29 is 33.8 Å². The van der Waals surface area contributed by atoms with E-state index in [1.807, 2.05) is 22.6 Å². The van der Waals surface area contributed by atoms with E-state index in [2.05, 4.69) is 0 Å². The minimum absolute atomic E-state index is 0.219. The summed E-state index contributed by atoms with van der Waals surface area (Å²) in [6, 6.07) is 6.13. The van der Waals surface area contributed by atoms with Gasteiger partial charge in [0, 0.05) is 9.99 Å². The predicted octanol–water partition coefficient (Wildman–Crippen LogP) is 0.835. The number of halogens is 1. The molecule has 0 radical (unpaired) electrons. The molecule has 0 saturated carbocycles. The van der Waals surface area contributed by atoms with E-state index in [0.717, 1.165) is 0 Å². The monoisotopic (exact) mass is 408 g/mol. The van der Waals surface area contributed by atoms with Crippen LogP contribution in [0.2, 0.25) is 0 Å². The molecule has 0 spiro atoms. The van der Waals surface area contributed by atoms with Gasteiger partial charge in [0.2, 0.25) is 0 Å². The van der Waals surface area contributed by atoms with E-state index in [0.29, 0.717) is 3.57 Å². The summed E-state index contributed by atoms with van der Waals surface area (Å²) in [5, 5.41) is 6.30. The van der Waals surface area contributed by atoms with E-state index in [4.69, 9.17) is 19.6 Å². The molecule has 5 N–H and O–H groups in total. The first-order valence-electron chi connectivity index (χ1n) is 4.55. The highest BCUT2D eigenvalue weighted by Crippen LogP contribution is 2.68. The Balaban J connectivity index is 3.25. The highest BCUT2D eigenvalue weighted by atomic mass is 127. The van der Waals surface area contributed by atoms with Crippen molar-refractivity contribution >= 4 is 37.8 Å². The molecule has 0 fully saturated rings. The van der Waals surface area contributed by atoms with Gasteiger partial charge in [-0.1, -0.05) is 12.1 Å². The maximum absolute atomic E-state index is 11.1. The summed E-state index contributed by atoms with van der Waals surface area (Å²) >= 11 is 1.93. The number of aliphatic hydroxyl groups is 1. The van der Waals surface area contributed by atoms with Crippen LogP contribution in [-0.2, 0) is 15.6 Å². The lowest BCUT2D eigenvalue weighted by molar-refractivity contribution is 0.131. The molecular formula is C8H11IO7P2. The summed E-state index contributed by atoms with van der Waals surface area (Å²) in [6.45, 7) is 0. The first-order valence-corrected chi connectivity index (χ1v) is 8.86. The van der Waals surface area contributed by atoms with Crippen molar-refractivity contribution in [1.82, 2.24) is 0 Å². The van der Waals surface area contributed by atoms with E-state index >= 15 is 0 Å². The largest absolute Gasteiger partial charge is 0.369 e. The number of hydrogen-bond donors (Lipinski definition) is 5. The van der Waals surface area contributed by atoms with Crippen LogP contribution in [-0.4, -0.2) is 29.8 Å². The molecule has 10 heteroatoms. The normalized spacial score (nSPS) is 13.7. The third-order valence-corrected chi connectivity index (χ3v) is 6.68. The smallest absolute Gasteiger partial charge is 0.367 e. The molecule has 0 heterocycles. The second-order valence-electron chi connectivity index (χ2n) is 3.67. The van der Waals surface area contributed by atoms with Gasteiger partial charge in [0.1, 0.15) is 0 Å². The lowest BCUT2D eigenvalue weighted by Gasteiger charge is -2.29. The average molecular weight is 408 g/mol. The Kier molecular flexibility index (Phi) is 4.79. The van der Waals surface area contributed by atoms with Crippen molar-refractivity contribution in [3.63, 3.8) is 0 Å². The predicted molar refractivity (Wildman–Crippen MR) is 71.9 cm³/mol. The average Bonchev–Trinajstić information content (AvgIpc) is 2.13. The van der Waals surface area contributed by atoms with Crippen molar-refractivity contribution in [3.05, 3.63) is 33.4 Å². The Hall–Kier alpha value is 0.210. The van der Waals surface area contributed by atoms with Crippen LogP contribution < -0.4 is 0 Å². The fraction of sp³-hybridized carbons (Fsp3) is 0.250. The molecule has 0 aromatic heterocycles. The van der Waals surface area contributed by atoms with Crippen molar-refractivity contribution in [2.24, 2.45) is 0 Å². The Morgan fingerprint density at radius 3 is 2.00 bits per heavy atom. The maximum atomic E-state index is 11.1. The van der Waals surface area contributed by atoms with Crippen LogP contribution in [0.15, 0.2) is 24.3 Å². The Bertz CT molecular complexity index is 512. The van der Waals surface area contributed by atoms with Gasteiger partial charge in [-0.2, -0.15) is 0 Å². The van der Waals surface area contributed by atoms with Crippen LogP contribution in [0.25, 0.3) is 0 Å². The second-order valence-corrected chi connectivity index (χ2v) is 8.92. The first kappa shape index (κ1) is 16.3. The quantitative estimate of drug-likeness (QED) is 0.368. The minimum atomic E-state index is -5.40. The number of benzene rings is 1. The van der Waals surface area contributed by atoms with Gasteiger partial charge in [0.05, 0.1) is 0 Å². The van der Waals surface area contributed by atoms with Gasteiger partial charge < -0.3 is 24.7 Å². The molecule has 102 valence electrons. The van der Waals surface area contributed by atoms with Crippen molar-refractivity contribution in [2.75, 3.05) is 0 Å². The summed E-state index contributed by atoms with van der Waals surface area (Å²) in [7, 11) is -10.8. The zero-order valence-electron chi connectivity index (χ0n) is 8.84. The van der Waals surface area contributed by atoms with Gasteiger partial charge >= 0.3 is 15.2 Å². The van der Waals surface area contributed by atoms with Crippen LogP contribution in [0.1, 0.15) is 5.56 Å². The summed E-state index contributed by atoms with van der Waals surface area (Å²) < 4.78 is 23.0. The van der Waals surface area contributed by atoms with E-state index in [1.54, 1.807) is 12.1 Å². The van der Waals surface area contributed by atoms with E-state index in [-0.39, 0.29) is 5.56 Å². The van der Waals surface area contributed by atoms with Gasteiger partial charge in [0.15, 0.2) is 0 Å². The summed E-state index contributed by atoms with van der Waals surface area (Å²) in [4.78, 5) is 35.9. The molecule has 7 nitrogen and oxygen atoms in total. The third-order valence-electron chi connectivity index (χ3n) is 2.26. The fourth-order valence-electron chi connectivity index (χ4n) is 1.30. The highest BCUT2D eigenvalue weighted by molar-refractivity contribution is 14.1. The third kappa shape index (κ3) is 3.40. The first-order chi connectivity index (χ1) is 7.97. The van der Waals surface area contributed by atoms with Gasteiger partial charge in [-0.3, -0.25) is 9.13 Å². The fourth-order valence-corrected chi connectivity index (χ4v) is 4.04. The molecule has 0 aliphatic carbocycles. The van der Waals surface area contributed by atoms with Crippen LogP contribution in [0.3, 0.4) is 0 Å². The van der Waals surface area contributed by atoms with Gasteiger partial charge in [0.25, 0.3) is 5.08 Å². The Morgan fingerprint density at radius 1 is 1.11 bits per heavy atom. The van der Waals surface area contributed by atoms with Gasteiger partial charge in [-0.25, -0.2) is 0 Å².